The van der Waals surface area contributed by atoms with E-state index in [1.165, 1.54) is 0 Å². The molecule has 2 rings (SSSR count). The Morgan fingerprint density at radius 3 is 2.88 bits per heavy atom. The molecule has 0 atom stereocenters. The molecule has 0 bridgehead atoms. The van der Waals surface area contributed by atoms with Crippen LogP contribution in [0.2, 0.25) is 5.02 Å². The van der Waals surface area contributed by atoms with Gasteiger partial charge < -0.3 is 9.73 Å². The lowest BCUT2D eigenvalue weighted by atomic mass is 10.2. The first-order valence-corrected chi connectivity index (χ1v) is 6.06. The van der Waals surface area contributed by atoms with Gasteiger partial charge in [-0.1, -0.05) is 27.5 Å². The molecule has 2 aromatic rings. The summed E-state index contributed by atoms with van der Waals surface area (Å²) in [5.41, 5.74) is 2.03. The first-order valence-electron chi connectivity index (χ1n) is 4.88. The highest BCUT2D eigenvalue weighted by molar-refractivity contribution is 9.10. The molecule has 0 aliphatic heterocycles. The zero-order valence-corrected chi connectivity index (χ0v) is 11.1. The molecule has 0 aliphatic rings. The number of halogens is 2. The van der Waals surface area contributed by atoms with Crippen molar-refractivity contribution in [1.29, 1.82) is 0 Å². The van der Waals surface area contributed by atoms with E-state index in [0.717, 1.165) is 21.5 Å². The Hall–Kier alpha value is -0.930. The van der Waals surface area contributed by atoms with E-state index in [0.29, 0.717) is 11.6 Å². The molecular formula is C12H11BrClNO. The highest BCUT2D eigenvalue weighted by Crippen LogP contribution is 2.26. The van der Waals surface area contributed by atoms with E-state index < -0.39 is 0 Å². The van der Waals surface area contributed by atoms with Crippen LogP contribution in [0.5, 0.6) is 0 Å². The second-order valence-corrected chi connectivity index (χ2v) is 4.83. The maximum absolute atomic E-state index is 6.06. The van der Waals surface area contributed by atoms with E-state index in [-0.39, 0.29) is 0 Å². The molecule has 1 heterocycles. The molecule has 0 saturated heterocycles. The molecular weight excluding hydrogens is 289 g/mol. The third-order valence-corrected chi connectivity index (χ3v) is 3.16. The second kappa shape index (κ2) is 4.93. The van der Waals surface area contributed by atoms with E-state index in [4.69, 9.17) is 16.0 Å². The Bertz CT molecular complexity index is 496. The molecule has 0 spiro atoms. The maximum Gasteiger partial charge on any atom is 0.125 e. The van der Waals surface area contributed by atoms with Gasteiger partial charge in [0, 0.05) is 4.47 Å². The van der Waals surface area contributed by atoms with Crippen molar-refractivity contribution < 1.29 is 4.42 Å². The minimum atomic E-state index is 0.634. The van der Waals surface area contributed by atoms with Crippen molar-refractivity contribution in [1.82, 2.24) is 0 Å². The molecule has 4 heteroatoms. The van der Waals surface area contributed by atoms with Gasteiger partial charge in [0.15, 0.2) is 0 Å². The molecule has 0 radical (unpaired) electrons. The van der Waals surface area contributed by atoms with Gasteiger partial charge in [-0.05, 0) is 36.8 Å². The molecule has 16 heavy (non-hydrogen) atoms. The number of rotatable bonds is 3. The van der Waals surface area contributed by atoms with Gasteiger partial charge in [0.25, 0.3) is 0 Å². The van der Waals surface area contributed by atoms with Gasteiger partial charge in [0.05, 0.1) is 23.5 Å². The lowest BCUT2D eigenvalue weighted by Gasteiger charge is -2.07. The van der Waals surface area contributed by atoms with E-state index in [1.54, 1.807) is 6.26 Å². The lowest BCUT2D eigenvalue weighted by molar-refractivity contribution is 0.515. The number of hydrogen-bond donors (Lipinski definition) is 1. The van der Waals surface area contributed by atoms with Gasteiger partial charge >= 0.3 is 0 Å². The van der Waals surface area contributed by atoms with Crippen LogP contribution in [0.25, 0.3) is 0 Å². The summed E-state index contributed by atoms with van der Waals surface area (Å²) >= 11 is 9.47. The van der Waals surface area contributed by atoms with Crippen LogP contribution in [0.3, 0.4) is 0 Å². The van der Waals surface area contributed by atoms with Crippen LogP contribution < -0.4 is 5.32 Å². The third kappa shape index (κ3) is 2.60. The molecule has 1 N–H and O–H groups in total. The van der Waals surface area contributed by atoms with Gasteiger partial charge in [-0.2, -0.15) is 0 Å². The van der Waals surface area contributed by atoms with Crippen molar-refractivity contribution in [3.8, 4) is 0 Å². The zero-order chi connectivity index (χ0) is 11.5. The third-order valence-electron chi connectivity index (χ3n) is 2.34. The van der Waals surface area contributed by atoms with E-state index in [1.807, 2.05) is 31.2 Å². The largest absolute Gasteiger partial charge is 0.467 e. The summed E-state index contributed by atoms with van der Waals surface area (Å²) in [6.45, 7) is 2.65. The monoisotopic (exact) mass is 299 g/mol. The van der Waals surface area contributed by atoms with Crippen molar-refractivity contribution in [2.75, 3.05) is 5.32 Å². The van der Waals surface area contributed by atoms with E-state index in [9.17, 15) is 0 Å². The number of anilines is 1. The van der Waals surface area contributed by atoms with Gasteiger partial charge in [-0.25, -0.2) is 0 Å². The molecule has 0 saturated carbocycles. The minimum absolute atomic E-state index is 0.634. The van der Waals surface area contributed by atoms with Crippen molar-refractivity contribution in [3.63, 3.8) is 0 Å². The highest BCUT2D eigenvalue weighted by Gasteiger charge is 2.04. The highest BCUT2D eigenvalue weighted by atomic mass is 79.9. The number of benzene rings is 1. The van der Waals surface area contributed by atoms with Crippen molar-refractivity contribution in [2.45, 2.75) is 13.5 Å². The Morgan fingerprint density at radius 1 is 1.38 bits per heavy atom. The smallest absolute Gasteiger partial charge is 0.125 e. The van der Waals surface area contributed by atoms with Crippen LogP contribution in [0.15, 0.2) is 39.4 Å². The van der Waals surface area contributed by atoms with Gasteiger partial charge in [-0.3, -0.25) is 0 Å². The zero-order valence-electron chi connectivity index (χ0n) is 8.76. The average Bonchev–Trinajstić information content (AvgIpc) is 2.66. The Kier molecular flexibility index (Phi) is 3.56. The van der Waals surface area contributed by atoms with Crippen LogP contribution in [-0.4, -0.2) is 0 Å². The normalized spacial score (nSPS) is 10.4. The van der Waals surface area contributed by atoms with Crippen LogP contribution >= 0.6 is 27.5 Å². The molecule has 1 aromatic heterocycles. The summed E-state index contributed by atoms with van der Waals surface area (Å²) in [5.74, 6) is 0.927. The molecule has 2 nitrogen and oxygen atoms in total. The SMILES string of the molecule is Cc1ccoc1CNc1cc(Br)ccc1Cl. The summed E-state index contributed by atoms with van der Waals surface area (Å²) in [5, 5.41) is 3.94. The summed E-state index contributed by atoms with van der Waals surface area (Å²) in [4.78, 5) is 0. The summed E-state index contributed by atoms with van der Waals surface area (Å²) in [7, 11) is 0. The van der Waals surface area contributed by atoms with Gasteiger partial charge in [-0.15, -0.1) is 0 Å². The predicted molar refractivity (Wildman–Crippen MR) is 69.9 cm³/mol. The van der Waals surface area contributed by atoms with Crippen LogP contribution in [-0.2, 0) is 6.54 Å². The van der Waals surface area contributed by atoms with Gasteiger partial charge in [0.2, 0.25) is 0 Å². The summed E-state index contributed by atoms with van der Waals surface area (Å²) in [6, 6.07) is 7.65. The lowest BCUT2D eigenvalue weighted by Crippen LogP contribution is -2.00. The van der Waals surface area contributed by atoms with Crippen LogP contribution in [0.1, 0.15) is 11.3 Å². The van der Waals surface area contributed by atoms with Crippen molar-refractivity contribution >= 4 is 33.2 Å². The topological polar surface area (TPSA) is 25.2 Å². The summed E-state index contributed by atoms with van der Waals surface area (Å²) in [6.07, 6.45) is 1.69. The molecule has 84 valence electrons. The van der Waals surface area contributed by atoms with Crippen molar-refractivity contribution in [3.05, 3.63) is 51.3 Å². The fraction of sp³-hybridized carbons (Fsp3) is 0.167. The Labute approximate surface area is 108 Å². The molecule has 0 aliphatic carbocycles. The quantitative estimate of drug-likeness (QED) is 0.895. The Morgan fingerprint density at radius 2 is 2.19 bits per heavy atom. The molecule has 0 amide bonds. The first kappa shape index (κ1) is 11.6. The average molecular weight is 301 g/mol. The fourth-order valence-corrected chi connectivity index (χ4v) is 1.94. The van der Waals surface area contributed by atoms with Crippen molar-refractivity contribution in [2.24, 2.45) is 0 Å². The fourth-order valence-electron chi connectivity index (χ4n) is 1.39. The Balaban J connectivity index is 2.10. The summed E-state index contributed by atoms with van der Waals surface area (Å²) < 4.78 is 6.33. The number of furan rings is 1. The van der Waals surface area contributed by atoms with Crippen LogP contribution in [0, 0.1) is 6.92 Å². The second-order valence-electron chi connectivity index (χ2n) is 3.50. The number of hydrogen-bond acceptors (Lipinski definition) is 2. The predicted octanol–water partition coefficient (Wildman–Crippen LogP) is 4.62. The number of aryl methyl sites for hydroxylation is 1. The van der Waals surface area contributed by atoms with Crippen LogP contribution in [0.4, 0.5) is 5.69 Å². The maximum atomic E-state index is 6.06. The van der Waals surface area contributed by atoms with E-state index in [2.05, 4.69) is 21.2 Å². The van der Waals surface area contributed by atoms with Gasteiger partial charge in [0.1, 0.15) is 5.76 Å². The van der Waals surface area contributed by atoms with E-state index >= 15 is 0 Å². The number of nitrogens with one attached hydrogen (secondary N) is 1. The molecule has 0 unspecified atom stereocenters. The molecule has 0 fully saturated rings. The standard InChI is InChI=1S/C12H11BrClNO/c1-8-4-5-16-12(8)7-15-11-6-9(13)2-3-10(11)14/h2-6,15H,7H2,1H3. The molecule has 1 aromatic carbocycles. The first-order chi connectivity index (χ1) is 7.66. The minimum Gasteiger partial charge on any atom is -0.467 e.